The van der Waals surface area contributed by atoms with E-state index in [4.69, 9.17) is 4.74 Å². The number of thiazole rings is 1. The molecule has 2 aromatic carbocycles. The molecule has 0 spiro atoms. The minimum atomic E-state index is 0.619. The van der Waals surface area contributed by atoms with Gasteiger partial charge in [0.05, 0.1) is 21.7 Å². The van der Waals surface area contributed by atoms with Crippen molar-refractivity contribution in [2.45, 2.75) is 11.3 Å². The Morgan fingerprint density at radius 3 is 2.74 bits per heavy atom. The molecule has 3 nitrogen and oxygen atoms in total. The van der Waals surface area contributed by atoms with Gasteiger partial charge in [0, 0.05) is 0 Å². The summed E-state index contributed by atoms with van der Waals surface area (Å²) in [5.41, 5.74) is 1.94. The number of rotatable bonds is 5. The molecule has 1 aromatic heterocycles. The van der Waals surface area contributed by atoms with Gasteiger partial charge in [-0.25, -0.2) is 4.98 Å². The number of benzene rings is 2. The van der Waals surface area contributed by atoms with E-state index in [0.29, 0.717) is 11.5 Å². The quantitative estimate of drug-likeness (QED) is 0.464. The minimum absolute atomic E-state index is 0.619. The first-order valence-electron chi connectivity index (χ1n) is 7.16. The van der Waals surface area contributed by atoms with Gasteiger partial charge in [-0.05, 0) is 54.6 Å². The first-order valence-corrected chi connectivity index (χ1v) is 8.80. The highest BCUT2D eigenvalue weighted by atomic mass is 32.2. The summed E-state index contributed by atoms with van der Waals surface area (Å²) in [6.07, 6.45) is 1.87. The number of fused-ring (bicyclic) bond motifs is 1. The zero-order valence-electron chi connectivity index (χ0n) is 12.5. The van der Waals surface area contributed by atoms with Gasteiger partial charge in [0.1, 0.15) is 11.8 Å². The molecule has 0 atom stereocenters. The molecule has 3 aromatic rings. The van der Waals surface area contributed by atoms with Crippen LogP contribution < -0.4 is 4.74 Å². The van der Waals surface area contributed by atoms with Gasteiger partial charge in [0.15, 0.2) is 4.34 Å². The first-order chi connectivity index (χ1) is 11.3. The van der Waals surface area contributed by atoms with E-state index in [9.17, 15) is 5.26 Å². The molecule has 0 saturated carbocycles. The number of aromatic nitrogens is 1. The number of allylic oxidation sites excluding steroid dienone is 1. The molecule has 5 heteroatoms. The maximum Gasteiger partial charge on any atom is 0.156 e. The van der Waals surface area contributed by atoms with Crippen LogP contribution in [-0.4, -0.2) is 11.6 Å². The third-order valence-electron chi connectivity index (χ3n) is 3.07. The van der Waals surface area contributed by atoms with Crippen molar-refractivity contribution >= 4 is 39.4 Å². The lowest BCUT2D eigenvalue weighted by Crippen LogP contribution is -1.90. The van der Waals surface area contributed by atoms with Crippen LogP contribution in [0, 0.1) is 11.3 Å². The second-order valence-electron chi connectivity index (χ2n) is 4.67. The summed E-state index contributed by atoms with van der Waals surface area (Å²) in [4.78, 5) is 5.17. The van der Waals surface area contributed by atoms with Crippen molar-refractivity contribution in [1.29, 1.82) is 5.26 Å². The Bertz CT molecular complexity index is 843. The number of thioether (sulfide) groups is 1. The van der Waals surface area contributed by atoms with E-state index in [1.807, 2.05) is 61.5 Å². The Labute approximate surface area is 143 Å². The minimum Gasteiger partial charge on any atom is -0.494 e. The fourth-order valence-corrected chi connectivity index (χ4v) is 4.03. The molecule has 3 rings (SSSR count). The van der Waals surface area contributed by atoms with Crippen LogP contribution in [0.15, 0.2) is 57.8 Å². The lowest BCUT2D eigenvalue weighted by Gasteiger charge is -2.02. The van der Waals surface area contributed by atoms with E-state index in [2.05, 4.69) is 11.1 Å². The number of hydrogen-bond donors (Lipinski definition) is 0. The molecular weight excluding hydrogens is 324 g/mol. The SMILES string of the molecule is CCOc1ccc(/C=C(\C#N)Sc2nc3ccccc3s2)cc1. The number of hydrogen-bond acceptors (Lipinski definition) is 5. The van der Waals surface area contributed by atoms with Gasteiger partial charge >= 0.3 is 0 Å². The second-order valence-corrected chi connectivity index (χ2v) is 6.99. The monoisotopic (exact) mass is 338 g/mol. The highest BCUT2D eigenvalue weighted by molar-refractivity contribution is 8.05. The van der Waals surface area contributed by atoms with Crippen LogP contribution in [-0.2, 0) is 0 Å². The molecule has 0 unspecified atom stereocenters. The first kappa shape index (κ1) is 15.6. The van der Waals surface area contributed by atoms with Gasteiger partial charge in [-0.1, -0.05) is 24.3 Å². The number of nitriles is 1. The molecule has 23 heavy (non-hydrogen) atoms. The van der Waals surface area contributed by atoms with Crippen molar-refractivity contribution in [3.63, 3.8) is 0 Å². The van der Waals surface area contributed by atoms with Crippen molar-refractivity contribution in [2.75, 3.05) is 6.61 Å². The van der Waals surface area contributed by atoms with Crippen molar-refractivity contribution in [3.8, 4) is 11.8 Å². The molecule has 0 aliphatic rings. The van der Waals surface area contributed by atoms with Gasteiger partial charge in [0.25, 0.3) is 0 Å². The van der Waals surface area contributed by atoms with Gasteiger partial charge in [0.2, 0.25) is 0 Å². The van der Waals surface area contributed by atoms with Gasteiger partial charge in [-0.15, -0.1) is 11.3 Å². The third-order valence-corrected chi connectivity index (χ3v) is 5.10. The molecule has 0 saturated heterocycles. The molecule has 0 radical (unpaired) electrons. The van der Waals surface area contributed by atoms with E-state index in [-0.39, 0.29) is 0 Å². The van der Waals surface area contributed by atoms with Gasteiger partial charge in [-0.3, -0.25) is 0 Å². The standard InChI is InChI=1S/C18H14N2OS2/c1-2-21-14-9-7-13(8-10-14)11-15(12-19)22-18-20-16-5-3-4-6-17(16)23-18/h3-11H,2H2,1H3/b15-11+. The zero-order valence-corrected chi connectivity index (χ0v) is 14.2. The normalized spacial score (nSPS) is 11.4. The Hall–Kier alpha value is -2.29. The highest BCUT2D eigenvalue weighted by Gasteiger charge is 2.07. The largest absolute Gasteiger partial charge is 0.494 e. The predicted octanol–water partition coefficient (Wildman–Crippen LogP) is 5.35. The average molecular weight is 338 g/mol. The summed E-state index contributed by atoms with van der Waals surface area (Å²) in [7, 11) is 0. The summed E-state index contributed by atoms with van der Waals surface area (Å²) in [6, 6.07) is 17.9. The van der Waals surface area contributed by atoms with Crippen LogP contribution in [0.3, 0.4) is 0 Å². The highest BCUT2D eigenvalue weighted by Crippen LogP contribution is 2.34. The molecule has 0 aliphatic carbocycles. The van der Waals surface area contributed by atoms with E-state index in [1.54, 1.807) is 11.3 Å². The molecule has 0 amide bonds. The van der Waals surface area contributed by atoms with Crippen molar-refractivity contribution in [1.82, 2.24) is 4.98 Å². The van der Waals surface area contributed by atoms with Crippen LogP contribution in [0.2, 0.25) is 0 Å². The summed E-state index contributed by atoms with van der Waals surface area (Å²) in [5.74, 6) is 0.835. The molecule has 0 bridgehead atoms. The summed E-state index contributed by atoms with van der Waals surface area (Å²) in [6.45, 7) is 2.60. The zero-order chi connectivity index (χ0) is 16.1. The average Bonchev–Trinajstić information content (AvgIpc) is 2.98. The van der Waals surface area contributed by atoms with Gasteiger partial charge < -0.3 is 4.74 Å². The molecule has 0 fully saturated rings. The van der Waals surface area contributed by atoms with Crippen molar-refractivity contribution < 1.29 is 4.74 Å². The second kappa shape index (κ2) is 7.32. The lowest BCUT2D eigenvalue weighted by molar-refractivity contribution is 0.340. The number of ether oxygens (including phenoxy) is 1. The fraction of sp³-hybridized carbons (Fsp3) is 0.111. The predicted molar refractivity (Wildman–Crippen MR) is 96.7 cm³/mol. The van der Waals surface area contributed by atoms with Crippen LogP contribution in [0.4, 0.5) is 0 Å². The third kappa shape index (κ3) is 3.92. The smallest absolute Gasteiger partial charge is 0.156 e. The summed E-state index contributed by atoms with van der Waals surface area (Å²) < 4.78 is 7.43. The molecular formula is C18H14N2OS2. The van der Waals surface area contributed by atoms with Crippen LogP contribution in [0.1, 0.15) is 12.5 Å². The van der Waals surface area contributed by atoms with E-state index < -0.39 is 0 Å². The molecule has 1 heterocycles. The Morgan fingerprint density at radius 1 is 1.26 bits per heavy atom. The Kier molecular flexibility index (Phi) is 4.96. The van der Waals surface area contributed by atoms with Crippen LogP contribution in [0.5, 0.6) is 5.75 Å². The molecule has 0 N–H and O–H groups in total. The fourth-order valence-electron chi connectivity index (χ4n) is 2.05. The van der Waals surface area contributed by atoms with Crippen molar-refractivity contribution in [2.24, 2.45) is 0 Å². The molecule has 114 valence electrons. The molecule has 0 aliphatic heterocycles. The van der Waals surface area contributed by atoms with E-state index in [1.165, 1.54) is 11.8 Å². The maximum absolute atomic E-state index is 9.38. The summed E-state index contributed by atoms with van der Waals surface area (Å²) >= 11 is 3.00. The Balaban J connectivity index is 1.80. The number of para-hydroxylation sites is 1. The summed E-state index contributed by atoms with van der Waals surface area (Å²) in [5, 5.41) is 9.38. The van der Waals surface area contributed by atoms with Gasteiger partial charge in [-0.2, -0.15) is 5.26 Å². The maximum atomic E-state index is 9.38. The number of nitrogens with zero attached hydrogens (tertiary/aromatic N) is 2. The van der Waals surface area contributed by atoms with E-state index in [0.717, 1.165) is 25.9 Å². The topological polar surface area (TPSA) is 45.9 Å². The lowest BCUT2D eigenvalue weighted by atomic mass is 10.2. The van der Waals surface area contributed by atoms with E-state index >= 15 is 0 Å². The van der Waals surface area contributed by atoms with Crippen LogP contribution >= 0.6 is 23.1 Å². The van der Waals surface area contributed by atoms with Crippen molar-refractivity contribution in [3.05, 3.63) is 59.0 Å². The van der Waals surface area contributed by atoms with Crippen LogP contribution in [0.25, 0.3) is 16.3 Å². The Morgan fingerprint density at radius 2 is 2.04 bits per heavy atom.